The van der Waals surface area contributed by atoms with E-state index >= 15 is 0 Å². The molecule has 0 fully saturated rings. The number of carboxylic acids is 1. The molecule has 0 radical (unpaired) electrons. The molecule has 114 valence electrons. The normalized spacial score (nSPS) is 15.4. The lowest BCUT2D eigenvalue weighted by atomic mass is 9.96. The van der Waals surface area contributed by atoms with Crippen LogP contribution in [0.25, 0.3) is 0 Å². The van der Waals surface area contributed by atoms with Crippen molar-refractivity contribution < 1.29 is 14.7 Å². The fourth-order valence-corrected chi connectivity index (χ4v) is 2.77. The number of hydrogen-bond donors (Lipinski definition) is 2. The zero-order chi connectivity index (χ0) is 15.4. The maximum absolute atomic E-state index is 12.6. The number of amides is 1. The second-order valence-electron chi connectivity index (χ2n) is 5.57. The van der Waals surface area contributed by atoms with Crippen molar-refractivity contribution in [2.75, 3.05) is 18.0 Å². The number of carboxylic acid groups (broad SMARTS) is 1. The highest BCUT2D eigenvalue weighted by atomic mass is 16.4. The first-order valence-corrected chi connectivity index (χ1v) is 7.42. The molecular weight excluding hydrogens is 268 g/mol. The van der Waals surface area contributed by atoms with Crippen molar-refractivity contribution in [2.24, 2.45) is 11.7 Å². The standard InChI is InChI=1S/C16H22N2O3/c1-11(4-2-8-17)15(19)18-9-3-5-12-10-13(16(20)21)6-7-14(12)18/h6-7,10-11H,2-5,8-9,17H2,1H3,(H,20,21). The van der Waals surface area contributed by atoms with E-state index < -0.39 is 5.97 Å². The molecule has 1 aliphatic rings. The highest BCUT2D eigenvalue weighted by Crippen LogP contribution is 2.29. The van der Waals surface area contributed by atoms with Crippen LogP contribution in [0.2, 0.25) is 0 Å². The van der Waals surface area contributed by atoms with Crippen LogP contribution in [0.5, 0.6) is 0 Å². The summed E-state index contributed by atoms with van der Waals surface area (Å²) in [5, 5.41) is 9.05. The third kappa shape index (κ3) is 3.42. The van der Waals surface area contributed by atoms with E-state index in [1.165, 1.54) is 0 Å². The van der Waals surface area contributed by atoms with Crippen LogP contribution < -0.4 is 10.6 Å². The van der Waals surface area contributed by atoms with E-state index in [1.807, 2.05) is 6.92 Å². The Kier molecular flexibility index (Phi) is 4.96. The maximum atomic E-state index is 12.6. The van der Waals surface area contributed by atoms with Gasteiger partial charge in [0, 0.05) is 18.2 Å². The van der Waals surface area contributed by atoms with Gasteiger partial charge >= 0.3 is 5.97 Å². The minimum atomic E-state index is -0.933. The van der Waals surface area contributed by atoms with Gasteiger partial charge in [0.25, 0.3) is 0 Å². The molecule has 5 heteroatoms. The van der Waals surface area contributed by atoms with Gasteiger partial charge in [-0.05, 0) is 56.0 Å². The molecule has 1 heterocycles. The van der Waals surface area contributed by atoms with Crippen LogP contribution in [0.4, 0.5) is 5.69 Å². The molecular formula is C16H22N2O3. The topological polar surface area (TPSA) is 83.6 Å². The highest BCUT2D eigenvalue weighted by molar-refractivity contribution is 5.97. The molecule has 0 saturated heterocycles. The van der Waals surface area contributed by atoms with E-state index in [4.69, 9.17) is 10.8 Å². The molecule has 0 aliphatic carbocycles. The third-order valence-corrected chi connectivity index (χ3v) is 3.97. The zero-order valence-electron chi connectivity index (χ0n) is 12.3. The molecule has 0 saturated carbocycles. The molecule has 0 bridgehead atoms. The van der Waals surface area contributed by atoms with Crippen LogP contribution in [0, 0.1) is 5.92 Å². The van der Waals surface area contributed by atoms with Crippen molar-refractivity contribution in [3.63, 3.8) is 0 Å². The van der Waals surface area contributed by atoms with Crippen LogP contribution >= 0.6 is 0 Å². The van der Waals surface area contributed by atoms with Gasteiger partial charge in [-0.1, -0.05) is 6.92 Å². The van der Waals surface area contributed by atoms with Gasteiger partial charge in [0.1, 0.15) is 0 Å². The minimum absolute atomic E-state index is 0.0568. The molecule has 1 atom stereocenters. The molecule has 1 aromatic carbocycles. The van der Waals surface area contributed by atoms with Gasteiger partial charge in [-0.15, -0.1) is 0 Å². The SMILES string of the molecule is CC(CCCN)C(=O)N1CCCc2cc(C(=O)O)ccc21. The lowest BCUT2D eigenvalue weighted by Gasteiger charge is -2.31. The predicted molar refractivity (Wildman–Crippen MR) is 81.5 cm³/mol. The Hall–Kier alpha value is -1.88. The Labute approximate surface area is 124 Å². The quantitative estimate of drug-likeness (QED) is 0.869. The average Bonchev–Trinajstić information content (AvgIpc) is 2.50. The number of aryl methyl sites for hydroxylation is 1. The van der Waals surface area contributed by atoms with Crippen molar-refractivity contribution in [2.45, 2.75) is 32.6 Å². The number of hydrogen-bond acceptors (Lipinski definition) is 3. The van der Waals surface area contributed by atoms with E-state index in [-0.39, 0.29) is 17.4 Å². The summed E-state index contributed by atoms with van der Waals surface area (Å²) < 4.78 is 0. The Bertz CT molecular complexity index is 542. The van der Waals surface area contributed by atoms with Crippen LogP contribution in [-0.2, 0) is 11.2 Å². The summed E-state index contributed by atoms with van der Waals surface area (Å²) in [6, 6.07) is 5.00. The predicted octanol–water partition coefficient (Wildman–Crippen LogP) is 2.04. The average molecular weight is 290 g/mol. The second kappa shape index (κ2) is 6.72. The Morgan fingerprint density at radius 1 is 1.43 bits per heavy atom. The largest absolute Gasteiger partial charge is 0.478 e. The highest BCUT2D eigenvalue weighted by Gasteiger charge is 2.26. The Morgan fingerprint density at radius 3 is 2.86 bits per heavy atom. The van der Waals surface area contributed by atoms with Gasteiger partial charge in [0.05, 0.1) is 5.56 Å². The number of fused-ring (bicyclic) bond motifs is 1. The van der Waals surface area contributed by atoms with Gasteiger partial charge in [0.2, 0.25) is 5.91 Å². The monoisotopic (exact) mass is 290 g/mol. The molecule has 1 amide bonds. The summed E-state index contributed by atoms with van der Waals surface area (Å²) in [5.74, 6) is -0.885. The molecule has 1 unspecified atom stereocenters. The van der Waals surface area contributed by atoms with Gasteiger partial charge in [-0.25, -0.2) is 4.79 Å². The first-order valence-electron chi connectivity index (χ1n) is 7.42. The summed E-state index contributed by atoms with van der Waals surface area (Å²) in [4.78, 5) is 25.4. The first-order chi connectivity index (χ1) is 10.0. The summed E-state index contributed by atoms with van der Waals surface area (Å²) in [5.41, 5.74) is 7.58. The first kappa shape index (κ1) is 15.5. The number of aromatic carboxylic acids is 1. The number of carbonyl (C=O) groups excluding carboxylic acids is 1. The summed E-state index contributed by atoms with van der Waals surface area (Å²) in [6.07, 6.45) is 3.31. The molecule has 21 heavy (non-hydrogen) atoms. The van der Waals surface area contributed by atoms with Crippen LogP contribution in [0.15, 0.2) is 18.2 Å². The lowest BCUT2D eigenvalue weighted by molar-refractivity contribution is -0.122. The zero-order valence-corrected chi connectivity index (χ0v) is 12.3. The number of anilines is 1. The molecule has 5 nitrogen and oxygen atoms in total. The Morgan fingerprint density at radius 2 is 2.19 bits per heavy atom. The molecule has 0 spiro atoms. The van der Waals surface area contributed by atoms with Crippen LogP contribution in [0.1, 0.15) is 42.1 Å². The summed E-state index contributed by atoms with van der Waals surface area (Å²) >= 11 is 0. The minimum Gasteiger partial charge on any atom is -0.478 e. The fourth-order valence-electron chi connectivity index (χ4n) is 2.77. The van der Waals surface area contributed by atoms with Crippen molar-refractivity contribution in [3.05, 3.63) is 29.3 Å². The maximum Gasteiger partial charge on any atom is 0.335 e. The fraction of sp³-hybridized carbons (Fsp3) is 0.500. The smallest absolute Gasteiger partial charge is 0.335 e. The number of rotatable bonds is 5. The summed E-state index contributed by atoms with van der Waals surface area (Å²) in [7, 11) is 0. The van der Waals surface area contributed by atoms with Crippen molar-refractivity contribution in [3.8, 4) is 0 Å². The molecule has 2 rings (SSSR count). The van der Waals surface area contributed by atoms with E-state index in [9.17, 15) is 9.59 Å². The van der Waals surface area contributed by atoms with E-state index in [1.54, 1.807) is 23.1 Å². The van der Waals surface area contributed by atoms with E-state index in [0.717, 1.165) is 36.9 Å². The van der Waals surface area contributed by atoms with Crippen molar-refractivity contribution in [1.29, 1.82) is 0 Å². The number of carbonyl (C=O) groups is 2. The Balaban J connectivity index is 2.21. The van der Waals surface area contributed by atoms with Gasteiger partial charge < -0.3 is 15.7 Å². The summed E-state index contributed by atoms with van der Waals surface area (Å²) in [6.45, 7) is 3.22. The number of nitrogens with zero attached hydrogens (tertiary/aromatic N) is 1. The van der Waals surface area contributed by atoms with Gasteiger partial charge in [0.15, 0.2) is 0 Å². The van der Waals surface area contributed by atoms with E-state index in [0.29, 0.717) is 13.1 Å². The third-order valence-electron chi connectivity index (χ3n) is 3.97. The lowest BCUT2D eigenvalue weighted by Crippen LogP contribution is -2.39. The molecule has 0 aromatic heterocycles. The molecule has 1 aromatic rings. The van der Waals surface area contributed by atoms with Crippen LogP contribution in [0.3, 0.4) is 0 Å². The van der Waals surface area contributed by atoms with Crippen molar-refractivity contribution >= 4 is 17.6 Å². The van der Waals surface area contributed by atoms with Crippen LogP contribution in [-0.4, -0.2) is 30.1 Å². The van der Waals surface area contributed by atoms with Gasteiger partial charge in [-0.3, -0.25) is 4.79 Å². The van der Waals surface area contributed by atoms with E-state index in [2.05, 4.69) is 0 Å². The van der Waals surface area contributed by atoms with Crippen molar-refractivity contribution in [1.82, 2.24) is 0 Å². The number of benzene rings is 1. The number of nitrogens with two attached hydrogens (primary N) is 1. The molecule has 1 aliphatic heterocycles. The second-order valence-corrected chi connectivity index (χ2v) is 5.57. The van der Waals surface area contributed by atoms with Gasteiger partial charge in [-0.2, -0.15) is 0 Å². The molecule has 3 N–H and O–H groups in total.